The van der Waals surface area contributed by atoms with Crippen LogP contribution in [0.25, 0.3) is 6.08 Å². The zero-order valence-corrected chi connectivity index (χ0v) is 18.6. The molecule has 1 aromatic carbocycles. The van der Waals surface area contributed by atoms with Crippen LogP contribution in [0, 0.1) is 13.8 Å². The van der Waals surface area contributed by atoms with Gasteiger partial charge in [-0.1, -0.05) is 6.07 Å². The number of ketones is 1. The minimum absolute atomic E-state index is 0.0349. The Bertz CT molecular complexity index is 1180. The normalized spacial score (nSPS) is 16.2. The first-order valence-corrected chi connectivity index (χ1v) is 10.7. The van der Waals surface area contributed by atoms with Gasteiger partial charge in [0.2, 0.25) is 6.79 Å². The summed E-state index contributed by atoms with van der Waals surface area (Å²) in [5.74, 6) is 0.276. The molecule has 9 nitrogen and oxygen atoms in total. The molecule has 0 atom stereocenters. The molecule has 0 saturated carbocycles. The van der Waals surface area contributed by atoms with Crippen molar-refractivity contribution < 1.29 is 28.7 Å². The summed E-state index contributed by atoms with van der Waals surface area (Å²) in [6.45, 7) is 5.15. The number of carbonyl (C=O) groups is 4. The molecule has 166 valence electrons. The summed E-state index contributed by atoms with van der Waals surface area (Å²) in [6.07, 6.45) is 1.62. The molecule has 1 fully saturated rings. The molecule has 2 aliphatic rings. The van der Waals surface area contributed by atoms with Gasteiger partial charge in [0, 0.05) is 24.3 Å². The highest BCUT2D eigenvalue weighted by atomic mass is 32.2. The third kappa shape index (κ3) is 4.01. The van der Waals surface area contributed by atoms with E-state index in [9.17, 15) is 19.2 Å². The van der Waals surface area contributed by atoms with Crippen LogP contribution in [0.4, 0.5) is 4.79 Å². The van der Waals surface area contributed by atoms with E-state index in [4.69, 9.17) is 9.47 Å². The third-order valence-corrected chi connectivity index (χ3v) is 6.11. The standard InChI is InChI=1S/C22H21N3O6S/c1-11-18(13(3)26)12(2)24-19(11)20(27)23-6-7-25-21(28)17(32-22(25)29)9-14-4-5-15-16(8-14)31-10-30-15/h4-5,8-9,24H,6-7,10H2,1-3H3,(H,23,27)/b17-9-. The van der Waals surface area contributed by atoms with Crippen molar-refractivity contribution in [3.05, 3.63) is 51.2 Å². The number of amides is 3. The van der Waals surface area contributed by atoms with Crippen LogP contribution in [-0.4, -0.2) is 52.6 Å². The number of nitrogens with zero attached hydrogens (tertiary/aromatic N) is 1. The van der Waals surface area contributed by atoms with Crippen molar-refractivity contribution in [2.45, 2.75) is 20.8 Å². The van der Waals surface area contributed by atoms with Crippen molar-refractivity contribution in [3.8, 4) is 11.5 Å². The van der Waals surface area contributed by atoms with Gasteiger partial charge in [0.15, 0.2) is 17.3 Å². The van der Waals surface area contributed by atoms with E-state index in [0.717, 1.165) is 16.7 Å². The second-order valence-corrected chi connectivity index (χ2v) is 8.38. The highest BCUT2D eigenvalue weighted by molar-refractivity contribution is 8.18. The van der Waals surface area contributed by atoms with Gasteiger partial charge >= 0.3 is 0 Å². The number of aryl methyl sites for hydroxylation is 1. The number of aromatic amines is 1. The Hall–Kier alpha value is -3.53. The summed E-state index contributed by atoms with van der Waals surface area (Å²) < 4.78 is 10.6. The van der Waals surface area contributed by atoms with Gasteiger partial charge in [0.25, 0.3) is 17.1 Å². The van der Waals surface area contributed by atoms with Gasteiger partial charge in [-0.3, -0.25) is 24.1 Å². The molecule has 1 aromatic heterocycles. The lowest BCUT2D eigenvalue weighted by atomic mass is 10.1. The van der Waals surface area contributed by atoms with Crippen LogP contribution in [0.15, 0.2) is 23.1 Å². The maximum Gasteiger partial charge on any atom is 0.293 e. The molecule has 0 unspecified atom stereocenters. The number of fused-ring (bicyclic) bond motifs is 1. The van der Waals surface area contributed by atoms with Gasteiger partial charge < -0.3 is 19.8 Å². The fourth-order valence-corrected chi connectivity index (χ4v) is 4.59. The Kier molecular flexibility index (Phi) is 5.79. The number of thioether (sulfide) groups is 1. The lowest BCUT2D eigenvalue weighted by Crippen LogP contribution is -2.37. The second-order valence-electron chi connectivity index (χ2n) is 7.38. The van der Waals surface area contributed by atoms with E-state index in [2.05, 4.69) is 10.3 Å². The van der Waals surface area contributed by atoms with Crippen molar-refractivity contribution in [2.24, 2.45) is 0 Å². The first-order chi connectivity index (χ1) is 15.3. The van der Waals surface area contributed by atoms with Crippen molar-refractivity contribution in [1.29, 1.82) is 0 Å². The third-order valence-electron chi connectivity index (χ3n) is 5.21. The van der Waals surface area contributed by atoms with Crippen LogP contribution >= 0.6 is 11.8 Å². The topological polar surface area (TPSA) is 118 Å². The molecule has 3 heterocycles. The number of aromatic nitrogens is 1. The van der Waals surface area contributed by atoms with Gasteiger partial charge in [0.05, 0.1) is 4.91 Å². The van der Waals surface area contributed by atoms with Gasteiger partial charge in [-0.05, 0) is 61.9 Å². The van der Waals surface area contributed by atoms with E-state index in [1.807, 2.05) is 0 Å². The van der Waals surface area contributed by atoms with Crippen molar-refractivity contribution in [3.63, 3.8) is 0 Å². The smallest absolute Gasteiger partial charge is 0.293 e. The van der Waals surface area contributed by atoms with Crippen LogP contribution in [0.3, 0.4) is 0 Å². The van der Waals surface area contributed by atoms with Crippen LogP contribution in [0.1, 0.15) is 44.6 Å². The Morgan fingerprint density at radius 3 is 2.69 bits per heavy atom. The lowest BCUT2D eigenvalue weighted by Gasteiger charge is -2.13. The summed E-state index contributed by atoms with van der Waals surface area (Å²) in [4.78, 5) is 53.6. The predicted octanol–water partition coefficient (Wildman–Crippen LogP) is 3.03. The summed E-state index contributed by atoms with van der Waals surface area (Å²) >= 11 is 0.846. The Morgan fingerprint density at radius 2 is 1.97 bits per heavy atom. The number of hydrogen-bond acceptors (Lipinski definition) is 7. The minimum Gasteiger partial charge on any atom is -0.454 e. The monoisotopic (exact) mass is 455 g/mol. The molecule has 4 rings (SSSR count). The van der Waals surface area contributed by atoms with Crippen LogP contribution in [0.2, 0.25) is 0 Å². The molecule has 10 heteroatoms. The lowest BCUT2D eigenvalue weighted by molar-refractivity contribution is -0.122. The quantitative estimate of drug-likeness (QED) is 0.508. The van der Waals surface area contributed by atoms with Gasteiger partial charge in [0.1, 0.15) is 5.69 Å². The number of carbonyl (C=O) groups excluding carboxylic acids is 4. The SMILES string of the molecule is CC(=O)c1c(C)[nH]c(C(=O)NCCN2C(=O)S/C(=C\c3ccc4c(c3)OCO4)C2=O)c1C. The number of benzene rings is 1. The largest absolute Gasteiger partial charge is 0.454 e. The molecule has 0 aliphatic carbocycles. The summed E-state index contributed by atoms with van der Waals surface area (Å²) in [5, 5.41) is 2.29. The molecule has 2 aromatic rings. The molecular weight excluding hydrogens is 434 g/mol. The molecule has 32 heavy (non-hydrogen) atoms. The maximum atomic E-state index is 12.7. The number of Topliss-reactive ketones (excluding diaryl/α,β-unsaturated/α-hetero) is 1. The summed E-state index contributed by atoms with van der Waals surface area (Å²) in [7, 11) is 0. The highest BCUT2D eigenvalue weighted by Gasteiger charge is 2.35. The van der Waals surface area contributed by atoms with E-state index >= 15 is 0 Å². The number of rotatable bonds is 6. The Labute approximate surface area is 188 Å². The number of imide groups is 1. The van der Waals surface area contributed by atoms with E-state index in [1.54, 1.807) is 38.1 Å². The molecule has 0 spiro atoms. The maximum absolute atomic E-state index is 12.7. The number of H-pyrrole nitrogens is 1. The van der Waals surface area contributed by atoms with Gasteiger partial charge in [-0.25, -0.2) is 0 Å². The molecular formula is C22H21N3O6S. The molecule has 3 amide bonds. The van der Waals surface area contributed by atoms with Crippen molar-refractivity contribution >= 4 is 40.7 Å². The summed E-state index contributed by atoms with van der Waals surface area (Å²) in [5.41, 5.74) is 2.70. The molecule has 2 N–H and O–H groups in total. The average Bonchev–Trinajstić information content (AvgIpc) is 3.39. The number of nitrogens with one attached hydrogen (secondary N) is 2. The average molecular weight is 455 g/mol. The first-order valence-electron chi connectivity index (χ1n) is 9.89. The van der Waals surface area contributed by atoms with Crippen LogP contribution < -0.4 is 14.8 Å². The van der Waals surface area contributed by atoms with Crippen molar-refractivity contribution in [1.82, 2.24) is 15.2 Å². The number of ether oxygens (including phenoxy) is 2. The fourth-order valence-electron chi connectivity index (χ4n) is 3.72. The van der Waals surface area contributed by atoms with Crippen LogP contribution in [0.5, 0.6) is 11.5 Å². The minimum atomic E-state index is -0.419. The van der Waals surface area contributed by atoms with E-state index < -0.39 is 17.1 Å². The van der Waals surface area contributed by atoms with Gasteiger partial charge in [-0.2, -0.15) is 0 Å². The fraction of sp³-hybridized carbons (Fsp3) is 0.273. The summed E-state index contributed by atoms with van der Waals surface area (Å²) in [6, 6.07) is 5.26. The second kappa shape index (κ2) is 8.54. The first kappa shape index (κ1) is 21.7. The highest BCUT2D eigenvalue weighted by Crippen LogP contribution is 2.36. The van der Waals surface area contributed by atoms with Crippen molar-refractivity contribution in [2.75, 3.05) is 19.9 Å². The molecule has 0 bridgehead atoms. The van der Waals surface area contributed by atoms with E-state index in [-0.39, 0.29) is 25.7 Å². The van der Waals surface area contributed by atoms with E-state index in [1.165, 1.54) is 6.92 Å². The Balaban J connectivity index is 1.39. The van der Waals surface area contributed by atoms with E-state index in [0.29, 0.717) is 44.5 Å². The molecule has 2 aliphatic heterocycles. The van der Waals surface area contributed by atoms with Crippen LogP contribution in [-0.2, 0) is 4.79 Å². The van der Waals surface area contributed by atoms with Gasteiger partial charge in [-0.15, -0.1) is 0 Å². The molecule has 0 radical (unpaired) electrons. The zero-order chi connectivity index (χ0) is 23.0. The number of hydrogen-bond donors (Lipinski definition) is 2. The Morgan fingerprint density at radius 1 is 1.22 bits per heavy atom. The molecule has 1 saturated heterocycles. The predicted molar refractivity (Wildman–Crippen MR) is 118 cm³/mol. The zero-order valence-electron chi connectivity index (χ0n) is 17.7.